The number of primary amides is 2. The number of rotatable bonds is 12. The predicted octanol–water partition coefficient (Wildman–Crippen LogP) is -2.84. The van der Waals surface area contributed by atoms with Crippen LogP contribution in [-0.2, 0) is 28.8 Å². The molecule has 0 bridgehead atoms. The number of aliphatic carboxylic acids is 1. The van der Waals surface area contributed by atoms with E-state index in [0.717, 1.165) is 0 Å². The SMILES string of the molecule is CCC(C)C(NC(=O)C(CC(N)=O)NC(=O)C1CCCN1C(=O)C(N)CC(N)=O)C(=O)O. The lowest BCUT2D eigenvalue weighted by Gasteiger charge is -2.28. The van der Waals surface area contributed by atoms with Gasteiger partial charge in [0.05, 0.1) is 18.9 Å². The molecule has 9 N–H and O–H groups in total. The van der Waals surface area contributed by atoms with E-state index in [1.807, 2.05) is 0 Å². The third-order valence-electron chi connectivity index (χ3n) is 5.39. The first-order chi connectivity index (χ1) is 14.9. The molecule has 1 rings (SSSR count). The van der Waals surface area contributed by atoms with Gasteiger partial charge in [-0.05, 0) is 18.8 Å². The number of amides is 5. The smallest absolute Gasteiger partial charge is 0.326 e. The van der Waals surface area contributed by atoms with Crippen molar-refractivity contribution in [1.82, 2.24) is 15.5 Å². The van der Waals surface area contributed by atoms with E-state index in [4.69, 9.17) is 17.2 Å². The van der Waals surface area contributed by atoms with Crippen molar-refractivity contribution in [2.24, 2.45) is 23.1 Å². The van der Waals surface area contributed by atoms with Crippen LogP contribution in [-0.4, -0.2) is 76.2 Å². The van der Waals surface area contributed by atoms with Gasteiger partial charge in [0.15, 0.2) is 0 Å². The van der Waals surface area contributed by atoms with Crippen molar-refractivity contribution < 1.29 is 33.9 Å². The van der Waals surface area contributed by atoms with Gasteiger partial charge in [-0.25, -0.2) is 4.79 Å². The number of nitrogens with one attached hydrogen (secondary N) is 2. The molecule has 0 aromatic rings. The van der Waals surface area contributed by atoms with Crippen LogP contribution < -0.4 is 27.8 Å². The minimum Gasteiger partial charge on any atom is -0.480 e. The largest absolute Gasteiger partial charge is 0.480 e. The Balaban J connectivity index is 2.95. The third kappa shape index (κ3) is 7.48. The highest BCUT2D eigenvalue weighted by Crippen LogP contribution is 2.19. The van der Waals surface area contributed by atoms with Gasteiger partial charge in [0.25, 0.3) is 0 Å². The average Bonchev–Trinajstić information content (AvgIpc) is 3.18. The number of hydrogen-bond acceptors (Lipinski definition) is 7. The van der Waals surface area contributed by atoms with E-state index in [0.29, 0.717) is 12.8 Å². The minimum absolute atomic E-state index is 0.213. The molecule has 1 aliphatic heterocycles. The fourth-order valence-corrected chi connectivity index (χ4v) is 3.44. The molecule has 1 heterocycles. The van der Waals surface area contributed by atoms with Crippen molar-refractivity contribution in [3.8, 4) is 0 Å². The first-order valence-electron chi connectivity index (χ1n) is 10.3. The number of carboxylic acids is 1. The molecule has 5 atom stereocenters. The molecule has 180 valence electrons. The van der Waals surface area contributed by atoms with Gasteiger partial charge in [-0.15, -0.1) is 0 Å². The summed E-state index contributed by atoms with van der Waals surface area (Å²) in [6.45, 7) is 3.60. The van der Waals surface area contributed by atoms with E-state index in [1.165, 1.54) is 4.90 Å². The maximum Gasteiger partial charge on any atom is 0.326 e. The summed E-state index contributed by atoms with van der Waals surface area (Å²) in [5, 5.41) is 14.1. The maximum atomic E-state index is 12.8. The second-order valence-corrected chi connectivity index (χ2v) is 7.91. The van der Waals surface area contributed by atoms with E-state index in [2.05, 4.69) is 10.6 Å². The summed E-state index contributed by atoms with van der Waals surface area (Å²) in [4.78, 5) is 73.2. The Labute approximate surface area is 185 Å². The van der Waals surface area contributed by atoms with E-state index >= 15 is 0 Å². The Morgan fingerprint density at radius 2 is 1.66 bits per heavy atom. The van der Waals surface area contributed by atoms with Gasteiger partial charge >= 0.3 is 5.97 Å². The van der Waals surface area contributed by atoms with Crippen molar-refractivity contribution in [3.63, 3.8) is 0 Å². The topological polar surface area (TPSA) is 228 Å². The lowest BCUT2D eigenvalue weighted by molar-refractivity contribution is -0.144. The molecular weight excluding hydrogens is 424 g/mol. The van der Waals surface area contributed by atoms with E-state index < -0.39 is 72.0 Å². The van der Waals surface area contributed by atoms with Crippen LogP contribution in [0.15, 0.2) is 0 Å². The van der Waals surface area contributed by atoms with Crippen molar-refractivity contribution in [2.75, 3.05) is 6.54 Å². The Morgan fingerprint density at radius 1 is 1.06 bits per heavy atom. The van der Waals surface area contributed by atoms with Crippen molar-refractivity contribution in [3.05, 3.63) is 0 Å². The molecule has 0 aromatic heterocycles. The summed E-state index contributed by atoms with van der Waals surface area (Å²) in [6, 6.07) is -4.84. The lowest BCUT2D eigenvalue weighted by Crippen LogP contribution is -2.58. The molecule has 1 saturated heterocycles. The monoisotopic (exact) mass is 456 g/mol. The zero-order valence-electron chi connectivity index (χ0n) is 18.2. The van der Waals surface area contributed by atoms with Gasteiger partial charge in [-0.2, -0.15) is 0 Å². The average molecular weight is 457 g/mol. The molecule has 0 saturated carbocycles. The second kappa shape index (κ2) is 12.0. The van der Waals surface area contributed by atoms with Crippen LogP contribution in [0, 0.1) is 5.92 Å². The summed E-state index contributed by atoms with van der Waals surface area (Å²) in [5.41, 5.74) is 15.9. The minimum atomic E-state index is -1.43. The van der Waals surface area contributed by atoms with Gasteiger partial charge in [0.2, 0.25) is 29.5 Å². The summed E-state index contributed by atoms with van der Waals surface area (Å²) >= 11 is 0. The summed E-state index contributed by atoms with van der Waals surface area (Å²) in [6.07, 6.45) is 0.273. The van der Waals surface area contributed by atoms with Gasteiger partial charge in [0, 0.05) is 6.54 Å². The molecule has 13 nitrogen and oxygen atoms in total. The zero-order valence-corrected chi connectivity index (χ0v) is 18.2. The number of carbonyl (C=O) groups is 6. The number of carbonyl (C=O) groups excluding carboxylic acids is 5. The van der Waals surface area contributed by atoms with Gasteiger partial charge in [-0.3, -0.25) is 24.0 Å². The molecule has 0 aliphatic carbocycles. The molecule has 5 amide bonds. The fraction of sp³-hybridized carbons (Fsp3) is 0.684. The number of hydrogen-bond donors (Lipinski definition) is 6. The highest BCUT2D eigenvalue weighted by Gasteiger charge is 2.38. The Morgan fingerprint density at radius 3 is 2.16 bits per heavy atom. The van der Waals surface area contributed by atoms with Crippen LogP contribution in [0.1, 0.15) is 46.0 Å². The van der Waals surface area contributed by atoms with Crippen LogP contribution >= 0.6 is 0 Å². The number of nitrogens with two attached hydrogens (primary N) is 3. The standard InChI is InChI=1S/C19H32N6O7/c1-3-9(2)15(19(31)32)24-16(28)11(8-14(22)27)23-17(29)12-5-4-6-25(12)18(30)10(20)7-13(21)26/h9-12,15H,3-8,20H2,1-2H3,(H2,21,26)(H2,22,27)(H,23,29)(H,24,28)(H,31,32). The molecule has 13 heteroatoms. The summed E-state index contributed by atoms with van der Waals surface area (Å²) < 4.78 is 0. The van der Waals surface area contributed by atoms with Crippen molar-refractivity contribution in [2.45, 2.75) is 70.1 Å². The van der Waals surface area contributed by atoms with Gasteiger partial charge in [-0.1, -0.05) is 20.3 Å². The molecule has 32 heavy (non-hydrogen) atoms. The Hall–Kier alpha value is -3.22. The molecule has 5 unspecified atom stereocenters. The molecule has 0 radical (unpaired) electrons. The Kier molecular flexibility index (Phi) is 10.0. The molecule has 0 aromatic carbocycles. The molecule has 1 fully saturated rings. The van der Waals surface area contributed by atoms with E-state index in [-0.39, 0.29) is 19.4 Å². The highest BCUT2D eigenvalue weighted by molar-refractivity contribution is 5.96. The quantitative estimate of drug-likeness (QED) is 0.179. The zero-order chi connectivity index (χ0) is 24.6. The number of carboxylic acid groups (broad SMARTS) is 1. The third-order valence-corrected chi connectivity index (χ3v) is 5.39. The predicted molar refractivity (Wildman–Crippen MR) is 111 cm³/mol. The molecule has 1 aliphatic rings. The summed E-state index contributed by atoms with van der Waals surface area (Å²) in [5.74, 6) is -5.56. The van der Waals surface area contributed by atoms with Gasteiger partial charge < -0.3 is 37.8 Å². The normalized spacial score (nSPS) is 19.3. The van der Waals surface area contributed by atoms with Crippen LogP contribution in [0.25, 0.3) is 0 Å². The fourth-order valence-electron chi connectivity index (χ4n) is 3.44. The molecule has 0 spiro atoms. The van der Waals surface area contributed by atoms with Crippen molar-refractivity contribution >= 4 is 35.5 Å². The lowest BCUT2D eigenvalue weighted by atomic mass is 9.98. The Bertz CT molecular complexity index is 758. The van der Waals surface area contributed by atoms with Crippen LogP contribution in [0.2, 0.25) is 0 Å². The highest BCUT2D eigenvalue weighted by atomic mass is 16.4. The van der Waals surface area contributed by atoms with E-state index in [9.17, 15) is 33.9 Å². The van der Waals surface area contributed by atoms with Crippen LogP contribution in [0.5, 0.6) is 0 Å². The number of likely N-dealkylation sites (tertiary alicyclic amines) is 1. The van der Waals surface area contributed by atoms with Crippen LogP contribution in [0.3, 0.4) is 0 Å². The molecular formula is C19H32N6O7. The maximum absolute atomic E-state index is 12.8. The van der Waals surface area contributed by atoms with Crippen LogP contribution in [0.4, 0.5) is 0 Å². The second-order valence-electron chi connectivity index (χ2n) is 7.91. The first kappa shape index (κ1) is 26.8. The van der Waals surface area contributed by atoms with Crippen molar-refractivity contribution in [1.29, 1.82) is 0 Å². The van der Waals surface area contributed by atoms with E-state index in [1.54, 1.807) is 13.8 Å². The van der Waals surface area contributed by atoms with Gasteiger partial charge in [0.1, 0.15) is 18.1 Å². The number of nitrogens with zero attached hydrogens (tertiary/aromatic N) is 1. The first-order valence-corrected chi connectivity index (χ1v) is 10.3. The summed E-state index contributed by atoms with van der Waals surface area (Å²) in [7, 11) is 0.